The fourth-order valence-corrected chi connectivity index (χ4v) is 2.70. The summed E-state index contributed by atoms with van der Waals surface area (Å²) in [7, 11) is 0. The molecule has 0 aliphatic carbocycles. The van der Waals surface area contributed by atoms with Crippen LogP contribution in [0.5, 0.6) is 0 Å². The van der Waals surface area contributed by atoms with Crippen LogP contribution in [0.1, 0.15) is 11.4 Å². The zero-order valence-electron chi connectivity index (χ0n) is 15.1. The van der Waals surface area contributed by atoms with Gasteiger partial charge in [0.05, 0.1) is 5.69 Å². The third-order valence-electron chi connectivity index (χ3n) is 3.88. The molecular weight excluding hydrogens is 338 g/mol. The summed E-state index contributed by atoms with van der Waals surface area (Å²) in [4.78, 5) is 13.6. The first kappa shape index (κ1) is 16.7. The number of aromatic nitrogens is 5. The van der Waals surface area contributed by atoms with E-state index in [2.05, 4.69) is 30.7 Å². The van der Waals surface area contributed by atoms with Crippen LogP contribution in [0.25, 0.3) is 5.95 Å². The van der Waals surface area contributed by atoms with E-state index in [-0.39, 0.29) is 0 Å². The van der Waals surface area contributed by atoms with E-state index in [0.717, 1.165) is 22.8 Å². The van der Waals surface area contributed by atoms with Crippen molar-refractivity contribution in [2.45, 2.75) is 13.8 Å². The van der Waals surface area contributed by atoms with Gasteiger partial charge < -0.3 is 10.6 Å². The Bertz CT molecular complexity index is 983. The predicted molar refractivity (Wildman–Crippen MR) is 106 cm³/mol. The minimum atomic E-state index is 0.442. The Kier molecular flexibility index (Phi) is 4.49. The zero-order valence-corrected chi connectivity index (χ0v) is 15.1. The molecule has 0 amide bonds. The highest BCUT2D eigenvalue weighted by Gasteiger charge is 2.12. The Hall–Kier alpha value is -3.74. The highest BCUT2D eigenvalue weighted by Crippen LogP contribution is 2.19. The summed E-state index contributed by atoms with van der Waals surface area (Å²) in [5.74, 6) is 1.34. The Balaban J connectivity index is 1.74. The van der Waals surface area contributed by atoms with Crippen LogP contribution in [0.15, 0.2) is 66.7 Å². The molecule has 0 radical (unpaired) electrons. The summed E-state index contributed by atoms with van der Waals surface area (Å²) >= 11 is 0. The van der Waals surface area contributed by atoms with Crippen LogP contribution >= 0.6 is 0 Å². The van der Waals surface area contributed by atoms with Crippen molar-refractivity contribution in [1.29, 1.82) is 0 Å². The maximum Gasteiger partial charge on any atom is 0.257 e. The van der Waals surface area contributed by atoms with Crippen molar-refractivity contribution in [3.8, 4) is 5.95 Å². The normalized spacial score (nSPS) is 10.6. The number of anilines is 4. The summed E-state index contributed by atoms with van der Waals surface area (Å²) in [6.45, 7) is 3.91. The van der Waals surface area contributed by atoms with Gasteiger partial charge in [0.2, 0.25) is 11.9 Å². The quantitative estimate of drug-likeness (QED) is 0.558. The number of nitrogens with one attached hydrogen (secondary N) is 2. The van der Waals surface area contributed by atoms with Gasteiger partial charge in [-0.3, -0.25) is 0 Å². The molecule has 0 bridgehead atoms. The Morgan fingerprint density at radius 1 is 0.704 bits per heavy atom. The first-order valence-corrected chi connectivity index (χ1v) is 8.61. The molecule has 2 aromatic carbocycles. The van der Waals surface area contributed by atoms with Crippen molar-refractivity contribution >= 4 is 23.3 Å². The van der Waals surface area contributed by atoms with Gasteiger partial charge in [-0.2, -0.15) is 20.1 Å². The molecule has 0 aliphatic heterocycles. The van der Waals surface area contributed by atoms with Crippen molar-refractivity contribution in [3.63, 3.8) is 0 Å². The van der Waals surface area contributed by atoms with Gasteiger partial charge in [-0.1, -0.05) is 36.4 Å². The molecule has 0 aliphatic rings. The number of para-hydroxylation sites is 2. The third-order valence-corrected chi connectivity index (χ3v) is 3.88. The number of rotatable bonds is 5. The van der Waals surface area contributed by atoms with Gasteiger partial charge in [0.1, 0.15) is 0 Å². The van der Waals surface area contributed by atoms with E-state index in [1.54, 1.807) is 4.68 Å². The second-order valence-corrected chi connectivity index (χ2v) is 6.10. The zero-order chi connectivity index (χ0) is 18.6. The van der Waals surface area contributed by atoms with E-state index in [1.165, 1.54) is 0 Å². The lowest BCUT2D eigenvalue weighted by atomic mass is 10.3. The van der Waals surface area contributed by atoms with Crippen molar-refractivity contribution in [1.82, 2.24) is 24.7 Å². The second kappa shape index (κ2) is 7.25. The molecule has 134 valence electrons. The number of aryl methyl sites for hydroxylation is 2. The van der Waals surface area contributed by atoms with Crippen molar-refractivity contribution < 1.29 is 0 Å². The summed E-state index contributed by atoms with van der Waals surface area (Å²) in [6.07, 6.45) is 0. The average molecular weight is 357 g/mol. The maximum absolute atomic E-state index is 4.54. The van der Waals surface area contributed by atoms with Gasteiger partial charge >= 0.3 is 0 Å². The number of hydrogen-bond donors (Lipinski definition) is 2. The minimum Gasteiger partial charge on any atom is -0.324 e. The van der Waals surface area contributed by atoms with Gasteiger partial charge in [0, 0.05) is 17.1 Å². The van der Waals surface area contributed by atoms with Gasteiger partial charge in [0.15, 0.2) is 0 Å². The second-order valence-electron chi connectivity index (χ2n) is 6.10. The smallest absolute Gasteiger partial charge is 0.257 e. The first-order chi connectivity index (χ1) is 13.2. The summed E-state index contributed by atoms with van der Waals surface area (Å²) in [5, 5.41) is 10.9. The summed E-state index contributed by atoms with van der Waals surface area (Å²) in [6, 6.07) is 21.5. The highest BCUT2D eigenvalue weighted by molar-refractivity contribution is 5.58. The molecule has 27 heavy (non-hydrogen) atoms. The molecule has 0 fully saturated rings. The maximum atomic E-state index is 4.54. The van der Waals surface area contributed by atoms with Crippen LogP contribution in [-0.4, -0.2) is 24.7 Å². The van der Waals surface area contributed by atoms with E-state index < -0.39 is 0 Å². The van der Waals surface area contributed by atoms with E-state index in [4.69, 9.17) is 0 Å². The fraction of sp³-hybridized carbons (Fsp3) is 0.100. The van der Waals surface area contributed by atoms with Crippen LogP contribution < -0.4 is 10.6 Å². The number of hydrogen-bond acceptors (Lipinski definition) is 6. The largest absolute Gasteiger partial charge is 0.324 e. The number of nitrogens with zero attached hydrogens (tertiary/aromatic N) is 5. The van der Waals surface area contributed by atoms with Crippen molar-refractivity contribution in [2.75, 3.05) is 10.6 Å². The third kappa shape index (κ3) is 3.92. The van der Waals surface area contributed by atoms with Gasteiger partial charge in [-0.05, 0) is 44.2 Å². The van der Waals surface area contributed by atoms with Gasteiger partial charge in [0.25, 0.3) is 5.95 Å². The lowest BCUT2D eigenvalue weighted by Gasteiger charge is -2.11. The highest BCUT2D eigenvalue weighted by atomic mass is 15.4. The molecule has 0 saturated heterocycles. The number of benzene rings is 2. The van der Waals surface area contributed by atoms with Gasteiger partial charge in [-0.25, -0.2) is 4.68 Å². The molecule has 2 heterocycles. The first-order valence-electron chi connectivity index (χ1n) is 8.61. The van der Waals surface area contributed by atoms with E-state index in [9.17, 15) is 0 Å². The lowest BCUT2D eigenvalue weighted by molar-refractivity contribution is 0.768. The topological polar surface area (TPSA) is 80.5 Å². The van der Waals surface area contributed by atoms with Crippen molar-refractivity contribution in [2.24, 2.45) is 0 Å². The van der Waals surface area contributed by atoms with E-state index in [0.29, 0.717) is 17.8 Å². The minimum absolute atomic E-state index is 0.442. The molecule has 7 heteroatoms. The molecular formula is C20H19N7. The van der Waals surface area contributed by atoms with Crippen molar-refractivity contribution in [3.05, 3.63) is 78.1 Å². The van der Waals surface area contributed by atoms with Crippen LogP contribution in [0.3, 0.4) is 0 Å². The summed E-state index contributed by atoms with van der Waals surface area (Å²) < 4.78 is 1.71. The SMILES string of the molecule is Cc1cc(C)n(-c2nc(Nc3ccccc3)nc(Nc3ccccc3)n2)n1. The fourth-order valence-electron chi connectivity index (χ4n) is 2.70. The average Bonchev–Trinajstić information content (AvgIpc) is 3.01. The van der Waals surface area contributed by atoms with E-state index >= 15 is 0 Å². The molecule has 0 saturated carbocycles. The lowest BCUT2D eigenvalue weighted by Crippen LogP contribution is -2.11. The molecule has 7 nitrogen and oxygen atoms in total. The molecule has 0 atom stereocenters. The van der Waals surface area contributed by atoms with Crippen LogP contribution in [0.2, 0.25) is 0 Å². The monoisotopic (exact) mass is 357 g/mol. The standard InChI is InChI=1S/C20H19N7/c1-14-13-15(2)27(26-14)20-24-18(21-16-9-5-3-6-10-16)23-19(25-20)22-17-11-7-4-8-12-17/h3-13H,1-2H3,(H2,21,22,23,24,25). The van der Waals surface area contributed by atoms with Crippen LogP contribution in [0.4, 0.5) is 23.3 Å². The Morgan fingerprint density at radius 2 is 1.22 bits per heavy atom. The summed E-state index contributed by atoms with van der Waals surface area (Å²) in [5.41, 5.74) is 3.65. The van der Waals surface area contributed by atoms with Crippen LogP contribution in [-0.2, 0) is 0 Å². The molecule has 0 unspecified atom stereocenters. The Labute approximate surface area is 157 Å². The predicted octanol–water partition coefficient (Wildman–Crippen LogP) is 4.16. The molecule has 2 N–H and O–H groups in total. The molecule has 0 spiro atoms. The molecule has 4 rings (SSSR count). The molecule has 2 aromatic heterocycles. The molecule has 4 aromatic rings. The van der Waals surface area contributed by atoms with Gasteiger partial charge in [-0.15, -0.1) is 0 Å². The van der Waals surface area contributed by atoms with Crippen LogP contribution in [0, 0.1) is 13.8 Å². The Morgan fingerprint density at radius 3 is 1.67 bits per heavy atom. The van der Waals surface area contributed by atoms with E-state index in [1.807, 2.05) is 80.6 Å².